The van der Waals surface area contributed by atoms with Gasteiger partial charge < -0.3 is 90.8 Å². The maximum absolute atomic E-state index is 13.9. The molecule has 33 heteroatoms. The van der Waals surface area contributed by atoms with E-state index in [-0.39, 0.29) is 43.2 Å². The molecule has 0 aliphatic heterocycles. The Morgan fingerprint density at radius 2 is 0.921 bits per heavy atom. The Kier molecular flexibility index (Phi) is 32.2. The van der Waals surface area contributed by atoms with E-state index in [2.05, 4.69) is 73.1 Å². The third-order valence-electron chi connectivity index (χ3n) is 10.5. The van der Waals surface area contributed by atoms with Crippen LogP contribution < -0.4 is 70.4 Å². The van der Waals surface area contributed by atoms with Crippen LogP contribution in [0, 0.1) is 5.92 Å². The van der Waals surface area contributed by atoms with Gasteiger partial charge in [0.1, 0.15) is 54.4 Å². The molecule has 0 bridgehead atoms. The van der Waals surface area contributed by atoms with Crippen molar-refractivity contribution in [1.82, 2.24) is 53.2 Å². The molecule has 430 valence electrons. The summed E-state index contributed by atoms with van der Waals surface area (Å²) in [4.78, 5) is 179. The maximum atomic E-state index is 13.9. The Balaban J connectivity index is 6.44. The largest absolute Gasteiger partial charge is 0.481 e. The second-order valence-electron chi connectivity index (χ2n) is 17.7. The lowest BCUT2D eigenvalue weighted by Gasteiger charge is -2.28. The number of rotatable bonds is 37. The second-order valence-corrected chi connectivity index (χ2v) is 18.5. The van der Waals surface area contributed by atoms with Crippen LogP contribution in [0.25, 0.3) is 0 Å². The van der Waals surface area contributed by atoms with Crippen molar-refractivity contribution in [3.8, 4) is 0 Å². The highest BCUT2D eigenvalue weighted by molar-refractivity contribution is 7.80. The van der Waals surface area contributed by atoms with Crippen molar-refractivity contribution in [3.63, 3.8) is 0 Å². The minimum atomic E-state index is -2.04. The van der Waals surface area contributed by atoms with Crippen LogP contribution in [0.2, 0.25) is 0 Å². The fourth-order valence-corrected chi connectivity index (χ4v) is 7.16. The molecule has 0 saturated heterocycles. The molecule has 0 unspecified atom stereocenters. The number of carbonyl (C=O) groups is 14. The molecular weight excluding hydrogens is 1050 g/mol. The number of hydrogen-bond acceptors (Lipinski definition) is 19. The van der Waals surface area contributed by atoms with Gasteiger partial charge in [0.05, 0.1) is 31.6 Å². The molecule has 0 aliphatic carbocycles. The van der Waals surface area contributed by atoms with Crippen LogP contribution in [0.3, 0.4) is 0 Å². The number of thiol groups is 2. The normalized spacial score (nSPS) is 15.3. The number of amides is 12. The molecule has 20 N–H and O–H groups in total. The minimum absolute atomic E-state index is 0.0476. The maximum Gasteiger partial charge on any atom is 0.305 e. The predicted octanol–water partition coefficient (Wildman–Crippen LogP) is -8.02. The van der Waals surface area contributed by atoms with Gasteiger partial charge in [-0.3, -0.25) is 67.1 Å². The van der Waals surface area contributed by atoms with E-state index in [4.69, 9.17) is 17.2 Å². The summed E-state index contributed by atoms with van der Waals surface area (Å²) in [7, 11) is 0. The number of hydrogen-bond donors (Lipinski definition) is 19. The van der Waals surface area contributed by atoms with E-state index in [0.29, 0.717) is 6.42 Å². The number of carboxylic acids is 2. The number of nitrogens with one attached hydrogen (secondary N) is 10. The van der Waals surface area contributed by atoms with Gasteiger partial charge in [-0.1, -0.05) is 13.8 Å². The van der Waals surface area contributed by atoms with Gasteiger partial charge >= 0.3 is 11.9 Å². The van der Waals surface area contributed by atoms with Crippen LogP contribution in [0.1, 0.15) is 86.0 Å². The van der Waals surface area contributed by atoms with E-state index in [1.54, 1.807) is 13.8 Å². The van der Waals surface area contributed by atoms with E-state index in [1.165, 1.54) is 6.92 Å². The SMILES string of the molecule is CC(=O)N[C@@H](CS)C(=O)N[C@H](C(=O)N[C@@H](CC(=O)O)C(=O)N[C@@H](CCC(=O)O)C(=O)NCC(=O)N[C@@H](CC(N)=O)C(=O)N[C@@H](CCCCN)C(=O)N[C@@H](CC(C)C)C(=O)N[C@H](C(=O)N[C@@H](CS)C(N)=O)[C@@H](C)O)[C@@H](C)O. The third-order valence-corrected chi connectivity index (χ3v) is 11.3. The van der Waals surface area contributed by atoms with Crippen LogP contribution in [0.5, 0.6) is 0 Å². The number of aliphatic hydroxyl groups is 2. The first-order chi connectivity index (χ1) is 35.4. The summed E-state index contributed by atoms with van der Waals surface area (Å²) in [5.74, 6) is -16.8. The summed E-state index contributed by atoms with van der Waals surface area (Å²) in [6.45, 7) is 5.84. The van der Waals surface area contributed by atoms with Gasteiger partial charge in [0.2, 0.25) is 70.9 Å². The first-order valence-corrected chi connectivity index (χ1v) is 24.9. The first kappa shape index (κ1) is 69.2. The Bertz CT molecular complexity index is 2080. The van der Waals surface area contributed by atoms with Crippen molar-refractivity contribution in [1.29, 1.82) is 0 Å². The lowest BCUT2D eigenvalue weighted by molar-refractivity contribution is -0.142. The predicted molar refractivity (Wildman–Crippen MR) is 272 cm³/mol. The van der Waals surface area contributed by atoms with Gasteiger partial charge in [-0.25, -0.2) is 0 Å². The smallest absolute Gasteiger partial charge is 0.305 e. The van der Waals surface area contributed by atoms with Crippen molar-refractivity contribution >= 4 is 108 Å². The van der Waals surface area contributed by atoms with Gasteiger partial charge in [0, 0.05) is 24.9 Å². The topological polar surface area (TPSA) is 518 Å². The molecular formula is C43H73N13O18S2. The van der Waals surface area contributed by atoms with E-state index in [0.717, 1.165) is 13.8 Å². The zero-order valence-corrected chi connectivity index (χ0v) is 44.3. The number of primary amides is 2. The van der Waals surface area contributed by atoms with E-state index >= 15 is 0 Å². The number of aliphatic carboxylic acids is 2. The summed E-state index contributed by atoms with van der Waals surface area (Å²) >= 11 is 7.92. The van der Waals surface area contributed by atoms with Crippen molar-refractivity contribution in [2.24, 2.45) is 23.1 Å². The standard InChI is InChI=1S/C43H73N13O18S2/c1-18(2)12-24(40(71)55-34(20(4)58)43(74)54-27(16-75)35(46)66)52-37(68)22(8-6-7-11-44)50-38(69)25(13-29(45)60)49-30(61)15-47-36(67)23(9-10-31(62)63)51-39(70)26(14-32(64)65)53-42(73)33(19(3)57)56-41(72)28(17-76)48-21(5)59/h18-20,22-28,33-34,57-58,75-76H,6-17,44H2,1-5H3,(H2,45,60)(H2,46,66)(H,47,67)(H,48,59)(H,49,61)(H,50,69)(H,51,70)(H,52,68)(H,53,73)(H,54,74)(H,55,71)(H,56,72)(H,62,63)(H,64,65)/t19-,20-,22+,23+,24+,25+,26+,27+,28+,33+,34+/m1/s1. The van der Waals surface area contributed by atoms with Crippen molar-refractivity contribution in [3.05, 3.63) is 0 Å². The summed E-state index contributed by atoms with van der Waals surface area (Å²) in [5, 5.41) is 61.8. The van der Waals surface area contributed by atoms with Gasteiger partial charge in [0.25, 0.3) is 0 Å². The highest BCUT2D eigenvalue weighted by Crippen LogP contribution is 2.10. The van der Waals surface area contributed by atoms with E-state index < -0.39 is 182 Å². The molecule has 0 radical (unpaired) electrons. The Morgan fingerprint density at radius 3 is 1.34 bits per heavy atom. The number of carboxylic acid groups (broad SMARTS) is 2. The molecule has 0 aromatic carbocycles. The number of nitrogens with two attached hydrogens (primary N) is 3. The fraction of sp³-hybridized carbons (Fsp3) is 0.674. The van der Waals surface area contributed by atoms with Crippen LogP contribution in [-0.4, -0.2) is 194 Å². The summed E-state index contributed by atoms with van der Waals surface area (Å²) in [5.41, 5.74) is 16.3. The molecule has 0 fully saturated rings. The Labute approximate surface area is 447 Å². The van der Waals surface area contributed by atoms with Gasteiger partial charge in [0.15, 0.2) is 0 Å². The average molecular weight is 1120 g/mol. The van der Waals surface area contributed by atoms with Crippen molar-refractivity contribution in [2.45, 2.75) is 153 Å². The average Bonchev–Trinajstić information content (AvgIpc) is 3.31. The molecule has 0 aliphatic rings. The summed E-state index contributed by atoms with van der Waals surface area (Å²) in [6, 6.07) is -14.7. The first-order valence-electron chi connectivity index (χ1n) is 23.6. The van der Waals surface area contributed by atoms with Crippen LogP contribution in [0.4, 0.5) is 0 Å². The molecule has 0 spiro atoms. The van der Waals surface area contributed by atoms with Crippen LogP contribution >= 0.6 is 25.3 Å². The second kappa shape index (κ2) is 35.4. The van der Waals surface area contributed by atoms with E-state index in [9.17, 15) is 87.5 Å². The number of carbonyl (C=O) groups excluding carboxylic acids is 12. The Hall–Kier alpha value is -6.84. The monoisotopic (exact) mass is 1120 g/mol. The zero-order chi connectivity index (χ0) is 58.6. The van der Waals surface area contributed by atoms with Crippen molar-refractivity contribution < 1.29 is 87.5 Å². The van der Waals surface area contributed by atoms with Gasteiger partial charge in [-0.2, -0.15) is 25.3 Å². The van der Waals surface area contributed by atoms with Crippen molar-refractivity contribution in [2.75, 3.05) is 24.6 Å². The third kappa shape index (κ3) is 27.1. The number of unbranched alkanes of at least 4 members (excludes halogenated alkanes) is 1. The molecule has 31 nitrogen and oxygen atoms in total. The highest BCUT2D eigenvalue weighted by atomic mass is 32.1. The molecule has 0 rings (SSSR count). The molecule has 76 heavy (non-hydrogen) atoms. The molecule has 0 heterocycles. The fourth-order valence-electron chi connectivity index (χ4n) is 6.64. The van der Waals surface area contributed by atoms with E-state index in [1.807, 2.05) is 5.32 Å². The lowest BCUT2D eigenvalue weighted by Crippen LogP contribution is -2.61. The zero-order valence-electron chi connectivity index (χ0n) is 42.5. The van der Waals surface area contributed by atoms with Crippen LogP contribution in [-0.2, 0) is 67.1 Å². The molecule has 0 aromatic rings. The van der Waals surface area contributed by atoms with Gasteiger partial charge in [-0.15, -0.1) is 0 Å². The minimum Gasteiger partial charge on any atom is -0.481 e. The lowest BCUT2D eigenvalue weighted by atomic mass is 10.0. The molecule has 11 atom stereocenters. The molecule has 0 saturated carbocycles. The molecule has 0 aromatic heterocycles. The summed E-state index contributed by atoms with van der Waals surface area (Å²) < 4.78 is 0. The highest BCUT2D eigenvalue weighted by Gasteiger charge is 2.37. The molecule has 12 amide bonds. The summed E-state index contributed by atoms with van der Waals surface area (Å²) in [6.07, 6.45) is -6.34. The number of aliphatic hydroxyl groups excluding tert-OH is 2. The quantitative estimate of drug-likeness (QED) is 0.0203. The van der Waals surface area contributed by atoms with Gasteiger partial charge in [-0.05, 0) is 58.4 Å². The Morgan fingerprint density at radius 1 is 0.487 bits per heavy atom. The van der Waals surface area contributed by atoms with Crippen LogP contribution in [0.15, 0.2) is 0 Å².